The molecular weight excluding hydrogens is 348 g/mol. The fraction of sp³-hybridized carbons (Fsp3) is 0.381. The number of ether oxygens (including phenoxy) is 1. The van der Waals surface area contributed by atoms with Crippen LogP contribution in [0.25, 0.3) is 0 Å². The van der Waals surface area contributed by atoms with Crippen molar-refractivity contribution in [3.8, 4) is 5.75 Å². The zero-order valence-corrected chi connectivity index (χ0v) is 15.8. The van der Waals surface area contributed by atoms with E-state index in [2.05, 4.69) is 22.3 Å². The Kier molecular flexibility index (Phi) is 6.53. The van der Waals surface area contributed by atoms with Gasteiger partial charge in [0.2, 0.25) is 0 Å². The molecule has 2 aromatic rings. The standard InChI is InChI=1S/C21H25ClN2O2/c1-26-17-11-9-16(10-12-17)20(24-13-5-2-6-14-24)15-23-21(25)18-7-3-4-8-19(18)22/h3-4,7-12,20H,2,5-6,13-15H2,1H3,(H,23,25)/t20-/m0/s1. The number of nitrogens with zero attached hydrogens (tertiary/aromatic N) is 1. The van der Waals surface area contributed by atoms with Crippen LogP contribution < -0.4 is 10.1 Å². The second-order valence-electron chi connectivity index (χ2n) is 6.58. The third kappa shape index (κ3) is 4.57. The molecule has 0 aromatic heterocycles. The fourth-order valence-electron chi connectivity index (χ4n) is 3.44. The molecule has 1 saturated heterocycles. The van der Waals surface area contributed by atoms with Crippen molar-refractivity contribution in [1.29, 1.82) is 0 Å². The molecule has 0 bridgehead atoms. The number of carbonyl (C=O) groups is 1. The summed E-state index contributed by atoms with van der Waals surface area (Å²) in [6.07, 6.45) is 3.67. The number of rotatable bonds is 6. The average molecular weight is 373 g/mol. The van der Waals surface area contributed by atoms with E-state index in [1.54, 1.807) is 19.2 Å². The first-order valence-electron chi connectivity index (χ1n) is 9.10. The van der Waals surface area contributed by atoms with E-state index in [1.807, 2.05) is 24.3 Å². The van der Waals surface area contributed by atoms with Crippen molar-refractivity contribution >= 4 is 17.5 Å². The van der Waals surface area contributed by atoms with E-state index in [1.165, 1.54) is 24.8 Å². The fourth-order valence-corrected chi connectivity index (χ4v) is 3.67. The first-order chi connectivity index (χ1) is 12.7. The molecule has 1 atom stereocenters. The smallest absolute Gasteiger partial charge is 0.252 e. The lowest BCUT2D eigenvalue weighted by Crippen LogP contribution is -2.40. The normalized spacial score (nSPS) is 16.1. The van der Waals surface area contributed by atoms with Gasteiger partial charge < -0.3 is 10.1 Å². The molecule has 3 rings (SSSR count). The highest BCUT2D eigenvalue weighted by Gasteiger charge is 2.23. The van der Waals surface area contributed by atoms with Gasteiger partial charge in [0.1, 0.15) is 5.75 Å². The molecule has 138 valence electrons. The molecule has 1 fully saturated rings. The van der Waals surface area contributed by atoms with E-state index in [-0.39, 0.29) is 11.9 Å². The summed E-state index contributed by atoms with van der Waals surface area (Å²) in [7, 11) is 1.67. The molecule has 0 aliphatic carbocycles. The van der Waals surface area contributed by atoms with E-state index < -0.39 is 0 Å². The monoisotopic (exact) mass is 372 g/mol. The number of nitrogens with one attached hydrogen (secondary N) is 1. The number of likely N-dealkylation sites (tertiary alicyclic amines) is 1. The van der Waals surface area contributed by atoms with Crippen LogP contribution in [0.4, 0.5) is 0 Å². The molecule has 1 heterocycles. The lowest BCUT2D eigenvalue weighted by atomic mass is 10.0. The van der Waals surface area contributed by atoms with Crippen LogP contribution in [0.1, 0.15) is 41.2 Å². The van der Waals surface area contributed by atoms with Crippen molar-refractivity contribution < 1.29 is 9.53 Å². The third-order valence-electron chi connectivity index (χ3n) is 4.91. The zero-order chi connectivity index (χ0) is 18.4. The predicted molar refractivity (Wildman–Crippen MR) is 105 cm³/mol. The van der Waals surface area contributed by atoms with Crippen LogP contribution >= 0.6 is 11.6 Å². The van der Waals surface area contributed by atoms with Gasteiger partial charge in [-0.15, -0.1) is 0 Å². The van der Waals surface area contributed by atoms with Crippen LogP contribution in [0, 0.1) is 0 Å². The Hall–Kier alpha value is -2.04. The molecule has 4 nitrogen and oxygen atoms in total. The number of hydrogen-bond acceptors (Lipinski definition) is 3. The van der Waals surface area contributed by atoms with Gasteiger partial charge in [-0.3, -0.25) is 9.69 Å². The molecule has 5 heteroatoms. The van der Waals surface area contributed by atoms with Crippen LogP contribution in [0.5, 0.6) is 5.75 Å². The Labute approximate surface area is 160 Å². The van der Waals surface area contributed by atoms with E-state index in [4.69, 9.17) is 16.3 Å². The highest BCUT2D eigenvalue weighted by molar-refractivity contribution is 6.33. The van der Waals surface area contributed by atoms with Crippen molar-refractivity contribution in [3.63, 3.8) is 0 Å². The van der Waals surface area contributed by atoms with E-state index >= 15 is 0 Å². The zero-order valence-electron chi connectivity index (χ0n) is 15.1. The minimum atomic E-state index is -0.133. The highest BCUT2D eigenvalue weighted by atomic mass is 35.5. The lowest BCUT2D eigenvalue weighted by Gasteiger charge is -2.35. The number of benzene rings is 2. The molecule has 0 saturated carbocycles. The number of hydrogen-bond donors (Lipinski definition) is 1. The van der Waals surface area contributed by atoms with Gasteiger partial charge in [-0.25, -0.2) is 0 Å². The topological polar surface area (TPSA) is 41.6 Å². The van der Waals surface area contributed by atoms with Crippen LogP contribution in [-0.4, -0.2) is 37.6 Å². The Morgan fingerprint density at radius 2 is 1.81 bits per heavy atom. The van der Waals surface area contributed by atoms with Crippen LogP contribution in [0.2, 0.25) is 5.02 Å². The molecule has 2 aromatic carbocycles. The SMILES string of the molecule is COc1ccc([C@H](CNC(=O)c2ccccc2Cl)N2CCCCC2)cc1. The van der Waals surface area contributed by atoms with Crippen molar-refractivity contribution in [1.82, 2.24) is 10.2 Å². The third-order valence-corrected chi connectivity index (χ3v) is 5.24. The molecule has 0 unspecified atom stereocenters. The Balaban J connectivity index is 1.74. The van der Waals surface area contributed by atoms with Gasteiger partial charge in [0.15, 0.2) is 0 Å². The lowest BCUT2D eigenvalue weighted by molar-refractivity contribution is 0.0924. The molecule has 0 radical (unpaired) electrons. The molecular formula is C21H25ClN2O2. The Morgan fingerprint density at radius 3 is 2.46 bits per heavy atom. The van der Waals surface area contributed by atoms with Gasteiger partial charge in [0.05, 0.1) is 23.7 Å². The summed E-state index contributed by atoms with van der Waals surface area (Å²) in [4.78, 5) is 15.0. The van der Waals surface area contributed by atoms with Gasteiger partial charge in [0, 0.05) is 6.54 Å². The second kappa shape index (κ2) is 9.06. The largest absolute Gasteiger partial charge is 0.497 e. The summed E-state index contributed by atoms with van der Waals surface area (Å²) in [6.45, 7) is 2.66. The molecule has 1 amide bonds. The second-order valence-corrected chi connectivity index (χ2v) is 6.98. The molecule has 1 N–H and O–H groups in total. The first-order valence-corrected chi connectivity index (χ1v) is 9.47. The van der Waals surface area contributed by atoms with Gasteiger partial charge in [-0.2, -0.15) is 0 Å². The number of methoxy groups -OCH3 is 1. The van der Waals surface area contributed by atoms with Crippen molar-refractivity contribution in [2.75, 3.05) is 26.7 Å². The van der Waals surface area contributed by atoms with Gasteiger partial charge in [-0.05, 0) is 55.8 Å². The Bertz CT molecular complexity index is 727. The summed E-state index contributed by atoms with van der Waals surface area (Å²) in [5, 5.41) is 3.54. The van der Waals surface area contributed by atoms with Crippen LogP contribution in [0.15, 0.2) is 48.5 Å². The quantitative estimate of drug-likeness (QED) is 0.821. The van der Waals surface area contributed by atoms with E-state index in [0.717, 1.165) is 18.8 Å². The summed E-state index contributed by atoms with van der Waals surface area (Å²) in [5.74, 6) is 0.706. The maximum absolute atomic E-state index is 12.6. The first kappa shape index (κ1) is 18.7. The van der Waals surface area contributed by atoms with Crippen molar-refractivity contribution in [2.45, 2.75) is 25.3 Å². The summed E-state index contributed by atoms with van der Waals surface area (Å²) in [5.41, 5.74) is 1.70. The summed E-state index contributed by atoms with van der Waals surface area (Å²) < 4.78 is 5.27. The summed E-state index contributed by atoms with van der Waals surface area (Å²) >= 11 is 6.15. The van der Waals surface area contributed by atoms with Gasteiger partial charge >= 0.3 is 0 Å². The van der Waals surface area contributed by atoms with Gasteiger partial charge in [-0.1, -0.05) is 42.3 Å². The van der Waals surface area contributed by atoms with Crippen LogP contribution in [-0.2, 0) is 0 Å². The minimum absolute atomic E-state index is 0.133. The number of halogens is 1. The average Bonchev–Trinajstić information content (AvgIpc) is 2.69. The molecule has 0 spiro atoms. The number of amides is 1. The van der Waals surface area contributed by atoms with Crippen molar-refractivity contribution in [2.24, 2.45) is 0 Å². The summed E-state index contributed by atoms with van der Waals surface area (Å²) in [6, 6.07) is 15.4. The van der Waals surface area contributed by atoms with Crippen molar-refractivity contribution in [3.05, 3.63) is 64.7 Å². The maximum atomic E-state index is 12.6. The van der Waals surface area contributed by atoms with Gasteiger partial charge in [0.25, 0.3) is 5.91 Å². The number of piperidine rings is 1. The maximum Gasteiger partial charge on any atom is 0.252 e. The minimum Gasteiger partial charge on any atom is -0.497 e. The van der Waals surface area contributed by atoms with E-state index in [9.17, 15) is 4.79 Å². The van der Waals surface area contributed by atoms with E-state index in [0.29, 0.717) is 17.1 Å². The van der Waals surface area contributed by atoms with Crippen LogP contribution in [0.3, 0.4) is 0 Å². The Morgan fingerprint density at radius 1 is 1.12 bits per heavy atom. The highest BCUT2D eigenvalue weighted by Crippen LogP contribution is 2.26. The predicted octanol–water partition coefficient (Wildman–Crippen LogP) is 4.31. The molecule has 1 aliphatic rings. The molecule has 1 aliphatic heterocycles. The molecule has 26 heavy (non-hydrogen) atoms. The number of carbonyl (C=O) groups excluding carboxylic acids is 1.